The van der Waals surface area contributed by atoms with Crippen LogP contribution >= 0.6 is 11.8 Å². The molecule has 0 aliphatic rings. The van der Waals surface area contributed by atoms with Crippen molar-refractivity contribution < 1.29 is 68.4 Å². The van der Waals surface area contributed by atoms with Crippen molar-refractivity contribution >= 4 is 71.1 Å². The number of hydrogen-bond acceptors (Lipinski definition) is 12. The van der Waals surface area contributed by atoms with E-state index in [1.807, 2.05) is 0 Å². The molecule has 50 heavy (non-hydrogen) atoms. The van der Waals surface area contributed by atoms with E-state index in [2.05, 4.69) is 26.6 Å². The number of amides is 6. The van der Waals surface area contributed by atoms with Gasteiger partial charge in [0.2, 0.25) is 35.4 Å². The molecule has 0 heterocycles. The fraction of sp³-hybridized carbons (Fsp3) is 0.643. The lowest BCUT2D eigenvalue weighted by atomic mass is 10.0. The summed E-state index contributed by atoms with van der Waals surface area (Å²) in [5, 5.41) is 47.8. The summed E-state index contributed by atoms with van der Waals surface area (Å²) in [6.07, 6.45) is -2.25. The number of rotatable bonds is 26. The second-order valence-corrected chi connectivity index (χ2v) is 12.0. The fourth-order valence-electron chi connectivity index (χ4n) is 4.01. The van der Waals surface area contributed by atoms with Crippen LogP contribution in [0.5, 0.6) is 0 Å². The van der Waals surface area contributed by atoms with Crippen molar-refractivity contribution in [2.45, 2.75) is 101 Å². The lowest BCUT2D eigenvalue weighted by molar-refractivity contribution is -0.142. The number of thioether (sulfide) groups is 1. The van der Waals surface area contributed by atoms with Crippen LogP contribution in [0.4, 0.5) is 0 Å². The Morgan fingerprint density at radius 1 is 0.540 bits per heavy atom. The molecule has 0 bridgehead atoms. The van der Waals surface area contributed by atoms with Crippen LogP contribution in [0.15, 0.2) is 0 Å². The summed E-state index contributed by atoms with van der Waals surface area (Å²) in [7, 11) is 0. The third kappa shape index (κ3) is 19.1. The molecule has 0 radical (unpaired) electrons. The number of carboxylic acids is 4. The van der Waals surface area contributed by atoms with E-state index in [9.17, 15) is 58.2 Å². The molecule has 0 aliphatic heterocycles. The van der Waals surface area contributed by atoms with Crippen LogP contribution in [0, 0.1) is 0 Å². The van der Waals surface area contributed by atoms with Gasteiger partial charge in [-0.05, 0) is 51.0 Å². The molecule has 6 atom stereocenters. The fourth-order valence-corrected chi connectivity index (χ4v) is 4.49. The molecule has 0 aromatic heterocycles. The Balaban J connectivity index is 6.21. The summed E-state index contributed by atoms with van der Waals surface area (Å²) in [6, 6.07) is -8.97. The van der Waals surface area contributed by atoms with Crippen molar-refractivity contribution in [2.75, 3.05) is 12.0 Å². The molecule has 0 spiro atoms. The highest BCUT2D eigenvalue weighted by molar-refractivity contribution is 7.98. The lowest BCUT2D eigenvalue weighted by Crippen LogP contribution is -2.59. The van der Waals surface area contributed by atoms with Gasteiger partial charge in [0, 0.05) is 25.7 Å². The predicted molar refractivity (Wildman–Crippen MR) is 173 cm³/mol. The van der Waals surface area contributed by atoms with Gasteiger partial charge in [-0.2, -0.15) is 11.8 Å². The van der Waals surface area contributed by atoms with Crippen LogP contribution in [0.1, 0.15) is 64.7 Å². The number of nitrogens with two attached hydrogens (primary N) is 2. The zero-order valence-corrected chi connectivity index (χ0v) is 28.3. The number of nitrogens with one attached hydrogen (secondary N) is 5. The van der Waals surface area contributed by atoms with Gasteiger partial charge in [-0.1, -0.05) is 0 Å². The van der Waals surface area contributed by atoms with Gasteiger partial charge in [0.05, 0.1) is 6.04 Å². The van der Waals surface area contributed by atoms with E-state index in [0.29, 0.717) is 5.75 Å². The Bertz CT molecular complexity index is 1270. The SMILES string of the molecule is CSCC[C@H](NC(=O)[C@@H](N)CCC(N)=O)C(=O)N[C@@H](CCC(=O)O)C(=O)N[C@@H](CCC(=O)O)C(=O)N[C@@H](CCC(=O)O)C(=O)N[C@@H](C)C(=O)O. The smallest absolute Gasteiger partial charge is 0.325 e. The Kier molecular flexibility index (Phi) is 21.0. The summed E-state index contributed by atoms with van der Waals surface area (Å²) >= 11 is 1.31. The summed E-state index contributed by atoms with van der Waals surface area (Å²) in [5.41, 5.74) is 10.9. The number of carbonyl (C=O) groups is 10. The summed E-state index contributed by atoms with van der Waals surface area (Å²) in [4.78, 5) is 121. The van der Waals surface area contributed by atoms with Crippen LogP contribution in [0.2, 0.25) is 0 Å². The van der Waals surface area contributed by atoms with E-state index in [1.165, 1.54) is 11.8 Å². The van der Waals surface area contributed by atoms with E-state index in [4.69, 9.17) is 21.7 Å². The van der Waals surface area contributed by atoms with Crippen LogP contribution in [0.3, 0.4) is 0 Å². The first kappa shape index (κ1) is 45.0. The molecule has 0 fully saturated rings. The van der Waals surface area contributed by atoms with E-state index < -0.39 is 134 Å². The molecule has 0 aromatic rings. The number of carbonyl (C=O) groups excluding carboxylic acids is 6. The molecule has 0 rings (SSSR count). The molecule has 22 heteroatoms. The average molecular weight is 736 g/mol. The van der Waals surface area contributed by atoms with Gasteiger partial charge in [-0.15, -0.1) is 0 Å². The molecule has 0 unspecified atom stereocenters. The van der Waals surface area contributed by atoms with Gasteiger partial charge in [-0.25, -0.2) is 0 Å². The second-order valence-electron chi connectivity index (χ2n) is 11.0. The zero-order chi connectivity index (χ0) is 38.6. The van der Waals surface area contributed by atoms with E-state index in [0.717, 1.165) is 6.92 Å². The lowest BCUT2D eigenvalue weighted by Gasteiger charge is -2.26. The van der Waals surface area contributed by atoms with E-state index >= 15 is 0 Å². The highest BCUT2D eigenvalue weighted by Crippen LogP contribution is 2.08. The third-order valence-corrected chi connectivity index (χ3v) is 7.49. The maximum atomic E-state index is 13.4. The molecular weight excluding hydrogens is 690 g/mol. The first-order chi connectivity index (χ1) is 23.3. The minimum absolute atomic E-state index is 0.0263. The molecule has 0 aromatic carbocycles. The van der Waals surface area contributed by atoms with Crippen molar-refractivity contribution in [1.29, 1.82) is 0 Å². The first-order valence-corrected chi connectivity index (χ1v) is 16.6. The van der Waals surface area contributed by atoms with Gasteiger partial charge in [0.1, 0.15) is 30.2 Å². The van der Waals surface area contributed by atoms with Gasteiger partial charge >= 0.3 is 23.9 Å². The van der Waals surface area contributed by atoms with Gasteiger partial charge in [-0.3, -0.25) is 47.9 Å². The number of hydrogen-bond donors (Lipinski definition) is 11. The van der Waals surface area contributed by atoms with Crippen LogP contribution in [0.25, 0.3) is 0 Å². The topological polar surface area (TPSA) is 364 Å². The van der Waals surface area contributed by atoms with E-state index in [1.54, 1.807) is 6.26 Å². The predicted octanol–water partition coefficient (Wildman–Crippen LogP) is -3.54. The minimum Gasteiger partial charge on any atom is -0.481 e. The van der Waals surface area contributed by atoms with Crippen molar-refractivity contribution in [1.82, 2.24) is 26.6 Å². The van der Waals surface area contributed by atoms with Crippen molar-refractivity contribution in [3.05, 3.63) is 0 Å². The Morgan fingerprint density at radius 3 is 1.20 bits per heavy atom. The molecule has 0 saturated heterocycles. The van der Waals surface area contributed by atoms with Crippen molar-refractivity contribution in [2.24, 2.45) is 11.5 Å². The first-order valence-electron chi connectivity index (χ1n) is 15.2. The van der Waals surface area contributed by atoms with Gasteiger partial charge in [0.25, 0.3) is 0 Å². The normalized spacial score (nSPS) is 14.3. The summed E-state index contributed by atoms with van der Waals surface area (Å²) in [5.74, 6) is -11.1. The highest BCUT2D eigenvalue weighted by atomic mass is 32.2. The Hall–Kier alpha value is -4.99. The van der Waals surface area contributed by atoms with Crippen LogP contribution < -0.4 is 38.1 Å². The molecule has 13 N–H and O–H groups in total. The number of carboxylic acid groups (broad SMARTS) is 4. The molecule has 21 nitrogen and oxygen atoms in total. The number of aliphatic carboxylic acids is 4. The zero-order valence-electron chi connectivity index (χ0n) is 27.5. The second kappa shape index (κ2) is 23.4. The van der Waals surface area contributed by atoms with Crippen molar-refractivity contribution in [3.63, 3.8) is 0 Å². The molecule has 6 amide bonds. The Morgan fingerprint density at radius 2 is 0.880 bits per heavy atom. The van der Waals surface area contributed by atoms with Crippen LogP contribution in [-0.2, 0) is 47.9 Å². The van der Waals surface area contributed by atoms with E-state index in [-0.39, 0.29) is 19.3 Å². The molecule has 0 aliphatic carbocycles. The summed E-state index contributed by atoms with van der Waals surface area (Å²) in [6.45, 7) is 1.10. The standard InChI is InChI=1S/C28H45N7O14S/c1-13(28(48)49)31-24(44)15(4-8-20(37)38)33-25(45)16(5-9-21(39)40)34-26(46)17(6-10-22(41)42)35-27(47)18(11-12-50-2)32-23(43)14(29)3-7-19(30)36/h13-18H,3-12,29H2,1-2H3,(H2,30,36)(H,31,44)(H,32,43)(H,33,45)(H,34,46)(H,35,47)(H,37,38)(H,39,40)(H,41,42)(H,48,49)/t13-,14-,15-,16-,17-,18-/m0/s1. The molecular formula is C28H45N7O14S. The largest absolute Gasteiger partial charge is 0.481 e. The third-order valence-electron chi connectivity index (χ3n) is 6.85. The minimum atomic E-state index is -1.73. The van der Waals surface area contributed by atoms with Gasteiger partial charge < -0.3 is 58.5 Å². The van der Waals surface area contributed by atoms with Gasteiger partial charge in [0.15, 0.2) is 0 Å². The molecule has 0 saturated carbocycles. The summed E-state index contributed by atoms with van der Waals surface area (Å²) < 4.78 is 0. The number of primary amides is 1. The van der Waals surface area contributed by atoms with Crippen LogP contribution in [-0.4, -0.2) is 128 Å². The monoisotopic (exact) mass is 735 g/mol. The highest BCUT2D eigenvalue weighted by Gasteiger charge is 2.33. The maximum Gasteiger partial charge on any atom is 0.325 e. The average Bonchev–Trinajstić information content (AvgIpc) is 3.02. The van der Waals surface area contributed by atoms with Crippen molar-refractivity contribution in [3.8, 4) is 0 Å². The quantitative estimate of drug-likeness (QED) is 0.0410. The maximum absolute atomic E-state index is 13.4. The Labute approximate surface area is 290 Å². The molecule has 282 valence electrons.